The molecule has 2 aromatic carbocycles. The highest BCUT2D eigenvalue weighted by molar-refractivity contribution is 9.10. The maximum atomic E-state index is 6.23. The largest absolute Gasteiger partial charge is 0.496 e. The predicted molar refractivity (Wildman–Crippen MR) is 92.2 cm³/mol. The minimum atomic E-state index is 0.334. The van der Waals surface area contributed by atoms with Crippen LogP contribution in [0, 0.1) is 0 Å². The van der Waals surface area contributed by atoms with Gasteiger partial charge in [0.1, 0.15) is 5.75 Å². The van der Waals surface area contributed by atoms with Crippen LogP contribution in [0.25, 0.3) is 0 Å². The van der Waals surface area contributed by atoms with E-state index >= 15 is 0 Å². The van der Waals surface area contributed by atoms with Crippen molar-refractivity contribution in [2.75, 3.05) is 7.11 Å². The summed E-state index contributed by atoms with van der Waals surface area (Å²) in [5, 5.41) is 4.28. The predicted octanol–water partition coefficient (Wildman–Crippen LogP) is 4.83. The van der Waals surface area contributed by atoms with Gasteiger partial charge in [0.25, 0.3) is 0 Å². The molecule has 0 fully saturated rings. The molecule has 0 saturated carbocycles. The molecule has 0 bridgehead atoms. The molecular weight excluding hydrogens is 350 g/mol. The van der Waals surface area contributed by atoms with Crippen molar-refractivity contribution in [3.63, 3.8) is 0 Å². The Bertz CT molecular complexity index is 603. The second-order valence-corrected chi connectivity index (χ2v) is 6.36. The van der Waals surface area contributed by atoms with Crippen molar-refractivity contribution >= 4 is 27.5 Å². The van der Waals surface area contributed by atoms with Crippen LogP contribution in [0.4, 0.5) is 0 Å². The summed E-state index contributed by atoms with van der Waals surface area (Å²) in [6.07, 6.45) is 0.915. The molecular formula is C17H19BrClNO. The Balaban J connectivity index is 1.94. The number of halogens is 2. The van der Waals surface area contributed by atoms with Crippen molar-refractivity contribution in [3.05, 3.63) is 63.1 Å². The zero-order valence-corrected chi connectivity index (χ0v) is 14.5. The number of benzene rings is 2. The minimum Gasteiger partial charge on any atom is -0.496 e. The van der Waals surface area contributed by atoms with Gasteiger partial charge < -0.3 is 10.1 Å². The molecule has 1 unspecified atom stereocenters. The van der Waals surface area contributed by atoms with E-state index in [0.29, 0.717) is 6.04 Å². The monoisotopic (exact) mass is 367 g/mol. The van der Waals surface area contributed by atoms with Gasteiger partial charge in [-0.1, -0.05) is 51.8 Å². The molecule has 21 heavy (non-hydrogen) atoms. The van der Waals surface area contributed by atoms with E-state index in [1.807, 2.05) is 36.4 Å². The van der Waals surface area contributed by atoms with Gasteiger partial charge in [-0.05, 0) is 42.7 Å². The molecule has 0 saturated heterocycles. The third-order valence-electron chi connectivity index (χ3n) is 3.37. The Morgan fingerprint density at radius 2 is 1.95 bits per heavy atom. The van der Waals surface area contributed by atoms with Crippen LogP contribution < -0.4 is 10.1 Å². The van der Waals surface area contributed by atoms with Crippen LogP contribution >= 0.6 is 27.5 Å². The number of ether oxygens (including phenoxy) is 1. The van der Waals surface area contributed by atoms with E-state index < -0.39 is 0 Å². The number of methoxy groups -OCH3 is 1. The molecule has 2 rings (SSSR count). The first kappa shape index (κ1) is 16.3. The number of hydrogen-bond donors (Lipinski definition) is 1. The Morgan fingerprint density at radius 3 is 2.67 bits per heavy atom. The molecule has 0 spiro atoms. The van der Waals surface area contributed by atoms with Crippen molar-refractivity contribution < 1.29 is 4.74 Å². The van der Waals surface area contributed by atoms with E-state index in [9.17, 15) is 0 Å². The van der Waals surface area contributed by atoms with Crippen LogP contribution in [0.1, 0.15) is 18.1 Å². The first-order valence-corrected chi connectivity index (χ1v) is 8.06. The lowest BCUT2D eigenvalue weighted by Gasteiger charge is -2.16. The fourth-order valence-corrected chi connectivity index (χ4v) is 2.96. The van der Waals surface area contributed by atoms with Crippen molar-refractivity contribution in [3.8, 4) is 5.75 Å². The lowest BCUT2D eigenvalue weighted by molar-refractivity contribution is 0.406. The zero-order chi connectivity index (χ0) is 15.2. The zero-order valence-electron chi connectivity index (χ0n) is 12.2. The first-order valence-electron chi connectivity index (χ1n) is 6.89. The highest BCUT2D eigenvalue weighted by Crippen LogP contribution is 2.22. The van der Waals surface area contributed by atoms with Crippen LogP contribution in [-0.2, 0) is 13.0 Å². The van der Waals surface area contributed by atoms with Gasteiger partial charge >= 0.3 is 0 Å². The Kier molecular flexibility index (Phi) is 6.09. The van der Waals surface area contributed by atoms with Crippen LogP contribution in [0.2, 0.25) is 5.02 Å². The Labute approximate surface area is 139 Å². The summed E-state index contributed by atoms with van der Waals surface area (Å²) in [4.78, 5) is 0. The van der Waals surface area contributed by atoms with Crippen LogP contribution in [0.15, 0.2) is 46.9 Å². The molecule has 0 amide bonds. The summed E-state index contributed by atoms with van der Waals surface area (Å²) >= 11 is 9.65. The van der Waals surface area contributed by atoms with Crippen LogP contribution in [0.5, 0.6) is 5.75 Å². The highest BCUT2D eigenvalue weighted by Gasteiger charge is 2.08. The number of nitrogens with one attached hydrogen (secondary N) is 1. The number of hydrogen-bond acceptors (Lipinski definition) is 2. The molecule has 0 aliphatic heterocycles. The van der Waals surface area contributed by atoms with Crippen LogP contribution in [-0.4, -0.2) is 13.2 Å². The molecule has 0 heterocycles. The summed E-state index contributed by atoms with van der Waals surface area (Å²) in [6.45, 7) is 2.92. The van der Waals surface area contributed by atoms with E-state index in [2.05, 4.69) is 34.2 Å². The van der Waals surface area contributed by atoms with Gasteiger partial charge in [0.2, 0.25) is 0 Å². The van der Waals surface area contributed by atoms with Crippen molar-refractivity contribution in [2.45, 2.75) is 25.9 Å². The summed E-state index contributed by atoms with van der Waals surface area (Å²) in [7, 11) is 1.71. The van der Waals surface area contributed by atoms with Gasteiger partial charge in [-0.25, -0.2) is 0 Å². The van der Waals surface area contributed by atoms with E-state index in [1.54, 1.807) is 7.11 Å². The molecule has 0 aromatic heterocycles. The summed E-state index contributed by atoms with van der Waals surface area (Å²) in [5.74, 6) is 0.938. The average Bonchev–Trinajstić information content (AvgIpc) is 2.47. The van der Waals surface area contributed by atoms with Crippen molar-refractivity contribution in [1.82, 2.24) is 5.32 Å². The van der Waals surface area contributed by atoms with E-state index in [0.717, 1.165) is 33.8 Å². The van der Waals surface area contributed by atoms with E-state index in [-0.39, 0.29) is 0 Å². The lowest BCUT2D eigenvalue weighted by Crippen LogP contribution is -2.27. The van der Waals surface area contributed by atoms with E-state index in [1.165, 1.54) is 5.56 Å². The summed E-state index contributed by atoms with van der Waals surface area (Å²) in [5.41, 5.74) is 2.31. The van der Waals surface area contributed by atoms with Gasteiger partial charge in [0.05, 0.1) is 7.11 Å². The Morgan fingerprint density at radius 1 is 1.19 bits per heavy atom. The third kappa shape index (κ3) is 4.73. The van der Waals surface area contributed by atoms with Gasteiger partial charge in [0.15, 0.2) is 0 Å². The molecule has 1 atom stereocenters. The fourth-order valence-electron chi connectivity index (χ4n) is 2.22. The summed E-state index contributed by atoms with van der Waals surface area (Å²) < 4.78 is 6.39. The average molecular weight is 369 g/mol. The quantitative estimate of drug-likeness (QED) is 0.788. The summed E-state index contributed by atoms with van der Waals surface area (Å²) in [6, 6.07) is 14.4. The van der Waals surface area contributed by atoms with Crippen LogP contribution in [0.3, 0.4) is 0 Å². The lowest BCUT2D eigenvalue weighted by atomic mass is 10.1. The fraction of sp³-hybridized carbons (Fsp3) is 0.294. The number of para-hydroxylation sites is 1. The van der Waals surface area contributed by atoms with Crippen molar-refractivity contribution in [2.24, 2.45) is 0 Å². The van der Waals surface area contributed by atoms with Gasteiger partial charge in [-0.2, -0.15) is 0 Å². The smallest absolute Gasteiger partial charge is 0.122 e. The topological polar surface area (TPSA) is 21.3 Å². The second-order valence-electron chi connectivity index (χ2n) is 5.03. The SMILES string of the molecule is COc1ccccc1CC(C)NCc1ccc(Br)cc1Cl. The molecule has 2 nitrogen and oxygen atoms in total. The number of rotatable bonds is 6. The standard InChI is InChI=1S/C17H19BrClNO/c1-12(9-13-5-3-4-6-17(13)21-2)20-11-14-7-8-15(18)10-16(14)19/h3-8,10,12,20H,9,11H2,1-2H3. The molecule has 0 aliphatic carbocycles. The second kappa shape index (κ2) is 7.83. The molecule has 0 radical (unpaired) electrons. The molecule has 4 heteroatoms. The third-order valence-corrected chi connectivity index (χ3v) is 4.22. The molecule has 112 valence electrons. The van der Waals surface area contributed by atoms with E-state index in [4.69, 9.17) is 16.3 Å². The van der Waals surface area contributed by atoms with Crippen molar-refractivity contribution in [1.29, 1.82) is 0 Å². The highest BCUT2D eigenvalue weighted by atomic mass is 79.9. The van der Waals surface area contributed by atoms with Gasteiger partial charge in [-0.15, -0.1) is 0 Å². The van der Waals surface area contributed by atoms with Gasteiger partial charge in [0, 0.05) is 22.1 Å². The Hall–Kier alpha value is -1.03. The molecule has 0 aliphatic rings. The first-order chi connectivity index (χ1) is 10.1. The maximum absolute atomic E-state index is 6.23. The normalized spacial score (nSPS) is 12.2. The molecule has 1 N–H and O–H groups in total. The molecule has 2 aromatic rings. The maximum Gasteiger partial charge on any atom is 0.122 e. The minimum absolute atomic E-state index is 0.334. The van der Waals surface area contributed by atoms with Gasteiger partial charge in [-0.3, -0.25) is 0 Å².